The summed E-state index contributed by atoms with van der Waals surface area (Å²) in [6, 6.07) is 5.76. The second kappa shape index (κ2) is 11.4. The van der Waals surface area contributed by atoms with Gasteiger partial charge in [0.15, 0.2) is 0 Å². The number of benzene rings is 1. The largest absolute Gasteiger partial charge is 0.493 e. The van der Waals surface area contributed by atoms with Crippen molar-refractivity contribution in [2.75, 3.05) is 60.0 Å². The van der Waals surface area contributed by atoms with Crippen molar-refractivity contribution in [1.82, 2.24) is 24.5 Å². The molecular weight excluding hydrogens is 478 g/mol. The normalized spacial score (nSPS) is 21.6. The molecule has 198 valence electrons. The number of carbonyl (C=O) groups excluding carboxylic acids is 1. The van der Waals surface area contributed by atoms with E-state index in [4.69, 9.17) is 21.1 Å². The van der Waals surface area contributed by atoms with Gasteiger partial charge in [-0.2, -0.15) is 5.10 Å². The second-order valence-corrected chi connectivity index (χ2v) is 11.0. The molecule has 1 atom stereocenters. The Kier molecular flexibility index (Phi) is 8.48. The van der Waals surface area contributed by atoms with Gasteiger partial charge in [0, 0.05) is 63.2 Å². The maximum absolute atomic E-state index is 13.5. The van der Waals surface area contributed by atoms with Gasteiger partial charge in [0.1, 0.15) is 5.75 Å². The zero-order chi connectivity index (χ0) is 25.9. The molecule has 0 unspecified atom stereocenters. The molecule has 2 aromatic rings. The van der Waals surface area contributed by atoms with Crippen LogP contribution in [0.3, 0.4) is 0 Å². The number of amides is 1. The molecule has 0 bridgehead atoms. The number of carbonyl (C=O) groups is 1. The fourth-order valence-electron chi connectivity index (χ4n) is 5.53. The third kappa shape index (κ3) is 6.15. The van der Waals surface area contributed by atoms with Crippen molar-refractivity contribution in [3.63, 3.8) is 0 Å². The van der Waals surface area contributed by atoms with Crippen LogP contribution in [0.25, 0.3) is 0 Å². The summed E-state index contributed by atoms with van der Waals surface area (Å²) >= 11 is 6.22. The Balaban J connectivity index is 1.53. The van der Waals surface area contributed by atoms with E-state index in [1.165, 1.54) is 0 Å². The highest BCUT2D eigenvalue weighted by atomic mass is 35.5. The van der Waals surface area contributed by atoms with E-state index >= 15 is 0 Å². The summed E-state index contributed by atoms with van der Waals surface area (Å²) in [6.07, 6.45) is 2.46. The zero-order valence-corrected chi connectivity index (χ0v) is 23.1. The van der Waals surface area contributed by atoms with Crippen LogP contribution in [0.5, 0.6) is 11.6 Å². The highest BCUT2D eigenvalue weighted by molar-refractivity contribution is 6.31. The van der Waals surface area contributed by atoms with Gasteiger partial charge in [0.25, 0.3) is 0 Å². The Labute approximate surface area is 220 Å². The van der Waals surface area contributed by atoms with Crippen LogP contribution in [0.4, 0.5) is 0 Å². The number of methoxy groups -OCH3 is 1. The minimum absolute atomic E-state index is 0.232. The van der Waals surface area contributed by atoms with Gasteiger partial charge in [0.2, 0.25) is 11.8 Å². The first kappa shape index (κ1) is 26.8. The molecule has 0 aliphatic carbocycles. The second-order valence-electron chi connectivity index (χ2n) is 10.6. The first-order valence-corrected chi connectivity index (χ1v) is 13.2. The van der Waals surface area contributed by atoms with Crippen molar-refractivity contribution >= 4 is 17.5 Å². The minimum atomic E-state index is -0.268. The number of piperazine rings is 1. The molecule has 9 heteroatoms. The fraction of sp³-hybridized carbons (Fsp3) is 0.630. The molecular formula is C27H40ClN5O3. The molecule has 0 N–H and O–H groups in total. The van der Waals surface area contributed by atoms with Gasteiger partial charge in [-0.15, -0.1) is 0 Å². The number of aromatic nitrogens is 2. The van der Waals surface area contributed by atoms with Gasteiger partial charge in [-0.05, 0) is 64.0 Å². The van der Waals surface area contributed by atoms with E-state index in [0.717, 1.165) is 92.1 Å². The lowest BCUT2D eigenvalue weighted by Gasteiger charge is -2.43. The number of hydrogen-bond acceptors (Lipinski definition) is 6. The molecule has 2 fully saturated rings. The van der Waals surface area contributed by atoms with Crippen molar-refractivity contribution in [1.29, 1.82) is 0 Å². The first-order valence-electron chi connectivity index (χ1n) is 12.8. The van der Waals surface area contributed by atoms with Crippen molar-refractivity contribution in [3.05, 3.63) is 40.0 Å². The van der Waals surface area contributed by atoms with Crippen molar-refractivity contribution < 1.29 is 14.3 Å². The maximum atomic E-state index is 13.5. The van der Waals surface area contributed by atoms with Crippen LogP contribution >= 0.6 is 11.6 Å². The molecule has 4 rings (SSSR count). The first-order chi connectivity index (χ1) is 17.2. The summed E-state index contributed by atoms with van der Waals surface area (Å²) in [6.45, 7) is 10.4. The van der Waals surface area contributed by atoms with Crippen molar-refractivity contribution in [2.45, 2.75) is 39.7 Å². The monoisotopic (exact) mass is 517 g/mol. The molecule has 2 saturated heterocycles. The van der Waals surface area contributed by atoms with Gasteiger partial charge in [-0.1, -0.05) is 11.6 Å². The summed E-state index contributed by atoms with van der Waals surface area (Å²) in [5, 5.41) is 5.28. The van der Waals surface area contributed by atoms with Gasteiger partial charge in [-0.25, -0.2) is 4.68 Å². The highest BCUT2D eigenvalue weighted by Gasteiger charge is 2.40. The van der Waals surface area contributed by atoms with Crippen LogP contribution in [-0.4, -0.2) is 90.4 Å². The Morgan fingerprint density at radius 3 is 2.58 bits per heavy atom. The molecule has 2 aliphatic heterocycles. The van der Waals surface area contributed by atoms with Crippen LogP contribution in [-0.2, 0) is 18.4 Å². The average Bonchev–Trinajstić information content (AvgIpc) is 3.12. The molecule has 2 aliphatic rings. The topological polar surface area (TPSA) is 63.1 Å². The van der Waals surface area contributed by atoms with Crippen molar-refractivity contribution in [2.24, 2.45) is 12.5 Å². The van der Waals surface area contributed by atoms with E-state index in [1.807, 2.05) is 44.0 Å². The number of rotatable bonds is 8. The predicted octanol–water partition coefficient (Wildman–Crippen LogP) is 3.52. The number of piperidine rings is 1. The van der Waals surface area contributed by atoms with Gasteiger partial charge >= 0.3 is 0 Å². The maximum Gasteiger partial charge on any atom is 0.223 e. The fourth-order valence-corrected chi connectivity index (χ4v) is 5.65. The smallest absolute Gasteiger partial charge is 0.223 e. The Morgan fingerprint density at radius 2 is 1.89 bits per heavy atom. The molecule has 0 saturated carbocycles. The van der Waals surface area contributed by atoms with Gasteiger partial charge < -0.3 is 19.3 Å². The number of hydrogen-bond donors (Lipinski definition) is 0. The molecule has 3 heterocycles. The molecule has 1 aromatic heterocycles. The molecule has 8 nitrogen and oxygen atoms in total. The third-order valence-corrected chi connectivity index (χ3v) is 8.09. The highest BCUT2D eigenvalue weighted by Crippen LogP contribution is 2.37. The molecule has 0 spiro atoms. The quantitative estimate of drug-likeness (QED) is 0.534. The number of likely N-dealkylation sites (tertiary alicyclic amines) is 1. The predicted molar refractivity (Wildman–Crippen MR) is 142 cm³/mol. The molecule has 1 aromatic carbocycles. The number of halogens is 1. The zero-order valence-electron chi connectivity index (χ0n) is 22.3. The Bertz CT molecular complexity index is 1070. The minimum Gasteiger partial charge on any atom is -0.493 e. The summed E-state index contributed by atoms with van der Waals surface area (Å²) in [5.74, 6) is 1.83. The summed E-state index contributed by atoms with van der Waals surface area (Å²) < 4.78 is 13.8. The Morgan fingerprint density at radius 1 is 1.14 bits per heavy atom. The molecule has 0 radical (unpaired) electrons. The van der Waals surface area contributed by atoms with Crippen molar-refractivity contribution in [3.8, 4) is 11.6 Å². The number of nitrogens with zero attached hydrogens (tertiary/aromatic N) is 5. The molecule has 36 heavy (non-hydrogen) atoms. The lowest BCUT2D eigenvalue weighted by molar-refractivity contribution is -0.137. The van der Waals surface area contributed by atoms with E-state index in [2.05, 4.69) is 21.9 Å². The van der Waals surface area contributed by atoms with Crippen LogP contribution in [0.15, 0.2) is 18.2 Å². The van der Waals surface area contributed by atoms with E-state index in [-0.39, 0.29) is 11.3 Å². The lowest BCUT2D eigenvalue weighted by atomic mass is 9.77. The standard InChI is InChI=1S/C27H40ClN5O3/c1-20-15-22(7-8-24(20)28)36-19-27(16-25(34)33-13-11-30(3)12-14-33)9-6-10-32(18-27)17-23-21(2)29-31(4)26(23)35-5/h7-8,15H,6,9-14,16-19H2,1-5H3/t27-/m1/s1. The number of likely N-dealkylation sites (N-methyl/N-ethyl adjacent to an activating group) is 1. The van der Waals surface area contributed by atoms with Crippen LogP contribution < -0.4 is 9.47 Å². The summed E-state index contributed by atoms with van der Waals surface area (Å²) in [7, 11) is 5.71. The van der Waals surface area contributed by atoms with Crippen LogP contribution in [0, 0.1) is 19.3 Å². The number of aryl methyl sites for hydroxylation is 3. The van der Waals surface area contributed by atoms with Gasteiger partial charge in [-0.3, -0.25) is 9.69 Å². The van der Waals surface area contributed by atoms with E-state index in [9.17, 15) is 4.79 Å². The van der Waals surface area contributed by atoms with E-state index < -0.39 is 0 Å². The van der Waals surface area contributed by atoms with E-state index in [1.54, 1.807) is 11.8 Å². The van der Waals surface area contributed by atoms with Crippen LogP contribution in [0.1, 0.15) is 36.1 Å². The summed E-state index contributed by atoms with van der Waals surface area (Å²) in [5.41, 5.74) is 2.80. The Hall–Kier alpha value is -2.29. The lowest BCUT2D eigenvalue weighted by Crippen LogP contribution is -2.52. The average molecular weight is 518 g/mol. The van der Waals surface area contributed by atoms with E-state index in [0.29, 0.717) is 13.0 Å². The third-order valence-electron chi connectivity index (χ3n) is 7.66. The molecule has 1 amide bonds. The van der Waals surface area contributed by atoms with Crippen LogP contribution in [0.2, 0.25) is 5.02 Å². The SMILES string of the molecule is COc1c(CN2CCC[C@@](COc3ccc(Cl)c(C)c3)(CC(=O)N3CCN(C)CC3)C2)c(C)nn1C. The number of ether oxygens (including phenoxy) is 2. The van der Waals surface area contributed by atoms with Gasteiger partial charge in [0.05, 0.1) is 25.0 Å². The summed E-state index contributed by atoms with van der Waals surface area (Å²) in [4.78, 5) is 20.2.